The van der Waals surface area contributed by atoms with Crippen molar-refractivity contribution in [2.45, 2.75) is 0 Å². The maximum Gasteiger partial charge on any atom is 0.136 e. The lowest BCUT2D eigenvalue weighted by molar-refractivity contribution is 0.669. The van der Waals surface area contributed by atoms with Gasteiger partial charge in [0.25, 0.3) is 0 Å². The highest BCUT2D eigenvalue weighted by Crippen LogP contribution is 2.48. The number of furan rings is 1. The molecule has 194 valence electrons. The smallest absolute Gasteiger partial charge is 0.136 e. The summed E-state index contributed by atoms with van der Waals surface area (Å²) in [7, 11) is 0. The average molecular weight is 545 g/mol. The van der Waals surface area contributed by atoms with Gasteiger partial charge in [0.15, 0.2) is 0 Å². The number of thiophene rings is 1. The lowest BCUT2D eigenvalue weighted by Gasteiger charge is -2.10. The molecule has 8 aromatic rings. The van der Waals surface area contributed by atoms with Crippen molar-refractivity contribution in [3.8, 4) is 33.4 Å². The molecule has 0 aliphatic rings. The summed E-state index contributed by atoms with van der Waals surface area (Å²) in [6.45, 7) is 0. The second-order valence-electron chi connectivity index (χ2n) is 10.3. The van der Waals surface area contributed by atoms with Gasteiger partial charge in [-0.2, -0.15) is 0 Å². The van der Waals surface area contributed by atoms with E-state index >= 15 is 0 Å². The number of amidine groups is 1. The molecular weight excluding hydrogens is 520 g/mol. The number of para-hydroxylation sites is 1. The molecular formula is C37H24N2OS. The highest BCUT2D eigenvalue weighted by atomic mass is 32.1. The summed E-state index contributed by atoms with van der Waals surface area (Å²) in [4.78, 5) is 0. The molecule has 0 aliphatic carbocycles. The number of nitrogens with one attached hydrogen (secondary N) is 1. The molecule has 0 fully saturated rings. The van der Waals surface area contributed by atoms with Gasteiger partial charge in [-0.05, 0) is 52.6 Å². The molecule has 0 amide bonds. The van der Waals surface area contributed by atoms with Crippen molar-refractivity contribution in [1.82, 2.24) is 0 Å². The first kappa shape index (κ1) is 23.7. The van der Waals surface area contributed by atoms with Gasteiger partial charge in [-0.1, -0.05) is 97.1 Å². The minimum Gasteiger partial charge on any atom is -0.456 e. The second-order valence-corrected chi connectivity index (χ2v) is 11.3. The summed E-state index contributed by atoms with van der Waals surface area (Å²) in [6.07, 6.45) is 0. The highest BCUT2D eigenvalue weighted by molar-refractivity contribution is 7.27. The van der Waals surface area contributed by atoms with Crippen molar-refractivity contribution in [2.24, 2.45) is 5.73 Å². The maximum absolute atomic E-state index is 8.52. The van der Waals surface area contributed by atoms with Gasteiger partial charge in [0.1, 0.15) is 17.0 Å². The van der Waals surface area contributed by atoms with E-state index in [2.05, 4.69) is 97.1 Å². The Morgan fingerprint density at radius 2 is 1.24 bits per heavy atom. The van der Waals surface area contributed by atoms with Crippen LogP contribution in [0.3, 0.4) is 0 Å². The zero-order valence-electron chi connectivity index (χ0n) is 22.0. The lowest BCUT2D eigenvalue weighted by Crippen LogP contribution is -2.11. The van der Waals surface area contributed by atoms with Crippen LogP contribution in [0.15, 0.2) is 132 Å². The molecule has 0 unspecified atom stereocenters. The van der Waals surface area contributed by atoms with E-state index in [0.717, 1.165) is 70.8 Å². The van der Waals surface area contributed by atoms with Crippen molar-refractivity contribution in [3.63, 3.8) is 0 Å². The minimum atomic E-state index is 0.0691. The number of fused-ring (bicyclic) bond motifs is 6. The molecule has 41 heavy (non-hydrogen) atoms. The van der Waals surface area contributed by atoms with E-state index in [9.17, 15) is 0 Å². The summed E-state index contributed by atoms with van der Waals surface area (Å²) in [5.74, 6) is 0.0691. The van der Waals surface area contributed by atoms with Gasteiger partial charge in [-0.25, -0.2) is 0 Å². The molecule has 3 N–H and O–H groups in total. The van der Waals surface area contributed by atoms with Crippen molar-refractivity contribution in [1.29, 1.82) is 5.41 Å². The van der Waals surface area contributed by atoms with E-state index in [1.54, 1.807) is 11.3 Å². The fourth-order valence-electron chi connectivity index (χ4n) is 6.05. The number of benzene rings is 6. The molecule has 4 heteroatoms. The fraction of sp³-hybridized carbons (Fsp3) is 0. The van der Waals surface area contributed by atoms with Gasteiger partial charge in [0.05, 0.1) is 0 Å². The van der Waals surface area contributed by atoms with Gasteiger partial charge >= 0.3 is 0 Å². The van der Waals surface area contributed by atoms with Crippen molar-refractivity contribution in [3.05, 3.63) is 133 Å². The van der Waals surface area contributed by atoms with Crippen LogP contribution in [0.5, 0.6) is 0 Å². The Kier molecular flexibility index (Phi) is 5.31. The van der Waals surface area contributed by atoms with Crippen LogP contribution in [-0.2, 0) is 0 Å². The normalized spacial score (nSPS) is 11.6. The zero-order valence-corrected chi connectivity index (χ0v) is 22.8. The van der Waals surface area contributed by atoms with E-state index in [4.69, 9.17) is 15.6 Å². The zero-order chi connectivity index (χ0) is 27.5. The van der Waals surface area contributed by atoms with E-state index in [1.807, 2.05) is 30.3 Å². The Morgan fingerprint density at radius 1 is 0.537 bits per heavy atom. The van der Waals surface area contributed by atoms with Gasteiger partial charge in [-0.3, -0.25) is 5.41 Å². The molecule has 2 heterocycles. The molecule has 0 saturated carbocycles. The van der Waals surface area contributed by atoms with Crippen molar-refractivity contribution in [2.75, 3.05) is 0 Å². The summed E-state index contributed by atoms with van der Waals surface area (Å²) < 4.78 is 8.54. The third kappa shape index (κ3) is 3.69. The topological polar surface area (TPSA) is 63.0 Å². The molecule has 3 nitrogen and oxygen atoms in total. The number of nitrogens with two attached hydrogens (primary N) is 1. The summed E-state index contributed by atoms with van der Waals surface area (Å²) >= 11 is 1.77. The lowest BCUT2D eigenvalue weighted by atomic mass is 9.92. The molecule has 6 aromatic carbocycles. The molecule has 0 saturated heterocycles. The van der Waals surface area contributed by atoms with Crippen molar-refractivity contribution >= 4 is 59.3 Å². The molecule has 0 radical (unpaired) electrons. The number of nitrogen functional groups attached to an aromatic ring is 1. The monoisotopic (exact) mass is 544 g/mol. The molecule has 0 atom stereocenters. The Hall–Kier alpha value is -5.19. The number of hydrogen-bond acceptors (Lipinski definition) is 3. The molecule has 0 aliphatic heterocycles. The molecule has 8 rings (SSSR count). The van der Waals surface area contributed by atoms with E-state index in [-0.39, 0.29) is 5.84 Å². The van der Waals surface area contributed by atoms with Crippen molar-refractivity contribution < 1.29 is 4.42 Å². The predicted octanol–water partition coefficient (Wildman–Crippen LogP) is 10.2. The van der Waals surface area contributed by atoms with Crippen LogP contribution in [-0.4, -0.2) is 5.84 Å². The van der Waals surface area contributed by atoms with Gasteiger partial charge in [0, 0.05) is 47.6 Å². The molecule has 2 aromatic heterocycles. The average Bonchev–Trinajstić information content (AvgIpc) is 3.60. The summed E-state index contributed by atoms with van der Waals surface area (Å²) in [5, 5.41) is 12.9. The van der Waals surface area contributed by atoms with Gasteiger partial charge in [-0.15, -0.1) is 11.3 Å². The quantitative estimate of drug-likeness (QED) is 0.171. The third-order valence-corrected chi connectivity index (χ3v) is 9.17. The van der Waals surface area contributed by atoms with E-state index in [1.165, 1.54) is 10.3 Å². The Balaban J connectivity index is 1.53. The standard InChI is InChI=1S/C37H24N2OS/c38-37(39)28-19-18-26(25-15-9-17-32-33(25)27-14-7-8-16-31(27)40-32)36-34(28)30-21-24(22-10-3-1-4-11-22)20-29(35(30)41-36)23-12-5-2-6-13-23/h1-21H,(H3,38,39). The summed E-state index contributed by atoms with van der Waals surface area (Å²) in [6, 6.07) is 44.2. The minimum absolute atomic E-state index is 0.0691. The van der Waals surface area contributed by atoms with E-state index in [0.29, 0.717) is 0 Å². The first-order chi connectivity index (χ1) is 20.2. The molecule has 0 bridgehead atoms. The van der Waals surface area contributed by atoms with Crippen LogP contribution in [0, 0.1) is 5.41 Å². The Morgan fingerprint density at radius 3 is 2.02 bits per heavy atom. The Bertz CT molecular complexity index is 2280. The first-order valence-corrected chi connectivity index (χ1v) is 14.4. The van der Waals surface area contributed by atoms with Crippen LogP contribution in [0.25, 0.3) is 75.5 Å². The van der Waals surface area contributed by atoms with Crippen LogP contribution < -0.4 is 5.73 Å². The van der Waals surface area contributed by atoms with Gasteiger partial charge < -0.3 is 10.2 Å². The maximum atomic E-state index is 8.52. The fourth-order valence-corrected chi connectivity index (χ4v) is 7.42. The summed E-state index contributed by atoms with van der Waals surface area (Å²) in [5.41, 5.74) is 15.6. The largest absolute Gasteiger partial charge is 0.456 e. The predicted molar refractivity (Wildman–Crippen MR) is 174 cm³/mol. The Labute approximate surface area is 240 Å². The SMILES string of the molecule is N=C(N)c1ccc(-c2cccc3oc4ccccc4c23)c2sc3c(-c4ccccc4)cc(-c4ccccc4)cc3c12. The highest BCUT2D eigenvalue weighted by Gasteiger charge is 2.21. The third-order valence-electron chi connectivity index (χ3n) is 7.89. The number of rotatable bonds is 4. The van der Waals surface area contributed by atoms with Crippen LogP contribution in [0.1, 0.15) is 5.56 Å². The van der Waals surface area contributed by atoms with Crippen LogP contribution in [0.4, 0.5) is 0 Å². The first-order valence-electron chi connectivity index (χ1n) is 13.6. The van der Waals surface area contributed by atoms with Crippen LogP contribution >= 0.6 is 11.3 Å². The van der Waals surface area contributed by atoms with E-state index < -0.39 is 0 Å². The molecule has 0 spiro atoms. The second kappa shape index (κ2) is 9.19. The van der Waals surface area contributed by atoms with Crippen LogP contribution in [0.2, 0.25) is 0 Å². The number of hydrogen-bond donors (Lipinski definition) is 2. The van der Waals surface area contributed by atoms with Gasteiger partial charge in [0.2, 0.25) is 0 Å².